The number of aliphatic hydroxyl groups excluding tert-OH is 1. The van der Waals surface area contributed by atoms with E-state index in [1.54, 1.807) is 6.07 Å². The van der Waals surface area contributed by atoms with Gasteiger partial charge < -0.3 is 10.8 Å². The van der Waals surface area contributed by atoms with Crippen LogP contribution < -0.4 is 5.73 Å². The summed E-state index contributed by atoms with van der Waals surface area (Å²) in [6.45, 7) is 0. The van der Waals surface area contributed by atoms with E-state index in [0.717, 1.165) is 11.1 Å². The van der Waals surface area contributed by atoms with Gasteiger partial charge in [0.2, 0.25) is 0 Å². The maximum atomic E-state index is 12.7. The fourth-order valence-electron chi connectivity index (χ4n) is 1.64. The molecule has 2 atom stereocenters. The molecule has 1 aliphatic rings. The first-order valence-corrected chi connectivity index (χ1v) is 3.90. The molecule has 0 heterocycles. The number of hydrogen-bond donors (Lipinski definition) is 2. The Morgan fingerprint density at radius 1 is 1.50 bits per heavy atom. The average Bonchev–Trinajstić information content (AvgIpc) is 2.28. The van der Waals surface area contributed by atoms with E-state index in [0.29, 0.717) is 6.42 Å². The smallest absolute Gasteiger partial charge is 0.123 e. The molecule has 0 radical (unpaired) electrons. The van der Waals surface area contributed by atoms with Gasteiger partial charge in [-0.2, -0.15) is 0 Å². The molecule has 0 fully saturated rings. The third-order valence-electron chi connectivity index (χ3n) is 2.28. The van der Waals surface area contributed by atoms with E-state index < -0.39 is 6.10 Å². The highest BCUT2D eigenvalue weighted by atomic mass is 19.1. The van der Waals surface area contributed by atoms with Gasteiger partial charge in [-0.05, 0) is 29.7 Å². The Morgan fingerprint density at radius 3 is 3.00 bits per heavy atom. The summed E-state index contributed by atoms with van der Waals surface area (Å²) in [6, 6.07) is 4.11. The number of benzene rings is 1. The molecular formula is C9H10FNO. The minimum absolute atomic E-state index is 0.268. The topological polar surface area (TPSA) is 46.2 Å². The summed E-state index contributed by atoms with van der Waals surface area (Å²) >= 11 is 0. The van der Waals surface area contributed by atoms with Gasteiger partial charge in [0.05, 0.1) is 6.10 Å². The van der Waals surface area contributed by atoms with Crippen LogP contribution in [-0.4, -0.2) is 11.1 Å². The molecule has 3 heteroatoms. The maximum Gasteiger partial charge on any atom is 0.123 e. The van der Waals surface area contributed by atoms with Crippen molar-refractivity contribution in [2.45, 2.75) is 18.6 Å². The minimum Gasteiger partial charge on any atom is -0.387 e. The Hall–Kier alpha value is -0.930. The molecule has 1 aliphatic carbocycles. The number of halogens is 1. The van der Waals surface area contributed by atoms with Crippen molar-refractivity contribution in [2.24, 2.45) is 5.73 Å². The van der Waals surface area contributed by atoms with Gasteiger partial charge >= 0.3 is 0 Å². The van der Waals surface area contributed by atoms with Gasteiger partial charge in [-0.1, -0.05) is 6.07 Å². The standard InChI is InChI=1S/C9H10FNO/c10-6-1-2-7-5(3-6)4-8(11)9(7)12/h1-3,8-9,12H,4,11H2/t8-,9-/m1/s1. The number of rotatable bonds is 0. The summed E-state index contributed by atoms with van der Waals surface area (Å²) in [5.74, 6) is -0.268. The summed E-state index contributed by atoms with van der Waals surface area (Å²) in [7, 11) is 0. The van der Waals surface area contributed by atoms with E-state index in [-0.39, 0.29) is 11.9 Å². The van der Waals surface area contributed by atoms with Crippen molar-refractivity contribution >= 4 is 0 Å². The molecule has 0 saturated heterocycles. The van der Waals surface area contributed by atoms with Crippen LogP contribution in [0.25, 0.3) is 0 Å². The van der Waals surface area contributed by atoms with E-state index in [9.17, 15) is 9.50 Å². The normalized spacial score (nSPS) is 27.2. The number of fused-ring (bicyclic) bond motifs is 1. The van der Waals surface area contributed by atoms with Crippen LogP contribution in [-0.2, 0) is 6.42 Å². The number of hydrogen-bond acceptors (Lipinski definition) is 2. The Kier molecular flexibility index (Phi) is 1.63. The van der Waals surface area contributed by atoms with Crippen LogP contribution in [0.3, 0.4) is 0 Å². The second kappa shape index (κ2) is 2.54. The highest BCUT2D eigenvalue weighted by molar-refractivity contribution is 5.36. The van der Waals surface area contributed by atoms with E-state index in [1.165, 1.54) is 12.1 Å². The molecule has 0 bridgehead atoms. The van der Waals surface area contributed by atoms with Crippen LogP contribution in [0.15, 0.2) is 18.2 Å². The summed E-state index contributed by atoms with van der Waals surface area (Å²) in [4.78, 5) is 0. The lowest BCUT2D eigenvalue weighted by molar-refractivity contribution is 0.159. The van der Waals surface area contributed by atoms with E-state index in [1.807, 2.05) is 0 Å². The molecule has 0 unspecified atom stereocenters. The fraction of sp³-hybridized carbons (Fsp3) is 0.333. The quantitative estimate of drug-likeness (QED) is 0.598. The van der Waals surface area contributed by atoms with Crippen LogP contribution >= 0.6 is 0 Å². The van der Waals surface area contributed by atoms with Crippen molar-refractivity contribution in [2.75, 3.05) is 0 Å². The molecular weight excluding hydrogens is 157 g/mol. The minimum atomic E-state index is -0.624. The zero-order valence-electron chi connectivity index (χ0n) is 6.50. The predicted octanol–water partition coefficient (Wildman–Crippen LogP) is 0.743. The molecule has 3 N–H and O–H groups in total. The van der Waals surface area contributed by atoms with Crippen LogP contribution in [0.1, 0.15) is 17.2 Å². The van der Waals surface area contributed by atoms with E-state index >= 15 is 0 Å². The molecule has 0 aromatic heterocycles. The number of aliphatic hydroxyl groups is 1. The van der Waals surface area contributed by atoms with Crippen molar-refractivity contribution in [3.63, 3.8) is 0 Å². The number of nitrogens with two attached hydrogens (primary N) is 1. The zero-order chi connectivity index (χ0) is 8.72. The molecule has 2 rings (SSSR count). The molecule has 64 valence electrons. The molecule has 1 aromatic rings. The summed E-state index contributed by atoms with van der Waals surface area (Å²) < 4.78 is 12.7. The molecule has 0 saturated carbocycles. The van der Waals surface area contributed by atoms with Crippen molar-refractivity contribution in [1.82, 2.24) is 0 Å². The molecule has 0 aliphatic heterocycles. The van der Waals surface area contributed by atoms with Gasteiger partial charge in [0, 0.05) is 6.04 Å². The van der Waals surface area contributed by atoms with Crippen LogP contribution in [0.5, 0.6) is 0 Å². The lowest BCUT2D eigenvalue weighted by Crippen LogP contribution is -2.24. The molecule has 12 heavy (non-hydrogen) atoms. The van der Waals surface area contributed by atoms with Crippen molar-refractivity contribution < 1.29 is 9.50 Å². The third kappa shape index (κ3) is 1.02. The monoisotopic (exact) mass is 167 g/mol. The average molecular weight is 167 g/mol. The van der Waals surface area contributed by atoms with Crippen molar-refractivity contribution in [3.05, 3.63) is 35.1 Å². The first kappa shape index (κ1) is 7.71. The van der Waals surface area contributed by atoms with Crippen LogP contribution in [0.4, 0.5) is 4.39 Å². The second-order valence-electron chi connectivity index (χ2n) is 3.16. The molecule has 1 aromatic carbocycles. The van der Waals surface area contributed by atoms with Gasteiger partial charge in [0.1, 0.15) is 5.82 Å². The summed E-state index contributed by atoms with van der Waals surface area (Å²) in [6.07, 6.45) is -0.0607. The van der Waals surface area contributed by atoms with Crippen LogP contribution in [0, 0.1) is 5.82 Å². The Bertz CT molecular complexity index is 313. The third-order valence-corrected chi connectivity index (χ3v) is 2.28. The maximum absolute atomic E-state index is 12.7. The first-order valence-electron chi connectivity index (χ1n) is 3.90. The van der Waals surface area contributed by atoms with Gasteiger partial charge in [-0.3, -0.25) is 0 Å². The van der Waals surface area contributed by atoms with Crippen molar-refractivity contribution in [1.29, 1.82) is 0 Å². The first-order chi connectivity index (χ1) is 5.68. The summed E-state index contributed by atoms with van der Waals surface area (Å²) in [5.41, 5.74) is 7.20. The van der Waals surface area contributed by atoms with Crippen LogP contribution in [0.2, 0.25) is 0 Å². The lowest BCUT2D eigenvalue weighted by atomic mass is 10.1. The van der Waals surface area contributed by atoms with E-state index in [4.69, 9.17) is 5.73 Å². The second-order valence-corrected chi connectivity index (χ2v) is 3.16. The van der Waals surface area contributed by atoms with Gasteiger partial charge in [0.15, 0.2) is 0 Å². The molecule has 0 amide bonds. The molecule has 2 nitrogen and oxygen atoms in total. The van der Waals surface area contributed by atoms with Gasteiger partial charge in [0.25, 0.3) is 0 Å². The SMILES string of the molecule is N[C@@H]1Cc2cc(F)ccc2[C@H]1O. The van der Waals surface area contributed by atoms with Crippen molar-refractivity contribution in [3.8, 4) is 0 Å². The Labute approximate surface area is 69.8 Å². The zero-order valence-corrected chi connectivity index (χ0v) is 6.50. The Balaban J connectivity index is 2.47. The highest BCUT2D eigenvalue weighted by Crippen LogP contribution is 2.30. The summed E-state index contributed by atoms with van der Waals surface area (Å²) in [5, 5.41) is 9.49. The predicted molar refractivity (Wildman–Crippen MR) is 43.0 cm³/mol. The fourth-order valence-corrected chi connectivity index (χ4v) is 1.64. The largest absolute Gasteiger partial charge is 0.387 e. The highest BCUT2D eigenvalue weighted by Gasteiger charge is 2.27. The molecule has 0 spiro atoms. The van der Waals surface area contributed by atoms with E-state index in [2.05, 4.69) is 0 Å². The van der Waals surface area contributed by atoms with Gasteiger partial charge in [-0.25, -0.2) is 4.39 Å². The van der Waals surface area contributed by atoms with Gasteiger partial charge in [-0.15, -0.1) is 0 Å². The lowest BCUT2D eigenvalue weighted by Gasteiger charge is -2.07. The Morgan fingerprint density at radius 2 is 2.25 bits per heavy atom.